The Kier molecular flexibility index (Phi) is 6.49. The van der Waals surface area contributed by atoms with Gasteiger partial charge in [-0.15, -0.1) is 0 Å². The molecule has 1 amide bonds. The third kappa shape index (κ3) is 5.01. The summed E-state index contributed by atoms with van der Waals surface area (Å²) in [7, 11) is -2.14. The van der Waals surface area contributed by atoms with Crippen molar-refractivity contribution in [2.45, 2.75) is 33.2 Å². The van der Waals surface area contributed by atoms with Gasteiger partial charge < -0.3 is 10.1 Å². The first-order valence-corrected chi connectivity index (χ1v) is 10.5. The highest BCUT2D eigenvalue weighted by Crippen LogP contribution is 2.26. The van der Waals surface area contributed by atoms with Crippen molar-refractivity contribution in [1.29, 1.82) is 0 Å². The van der Waals surface area contributed by atoms with Crippen molar-refractivity contribution in [3.63, 3.8) is 0 Å². The summed E-state index contributed by atoms with van der Waals surface area (Å²) < 4.78 is 31.2. The zero-order valence-corrected chi connectivity index (χ0v) is 17.1. The van der Waals surface area contributed by atoms with Gasteiger partial charge in [0, 0.05) is 5.69 Å². The van der Waals surface area contributed by atoms with Crippen LogP contribution in [0.4, 0.5) is 11.4 Å². The summed E-state index contributed by atoms with van der Waals surface area (Å²) in [4.78, 5) is 12.9. The molecule has 0 radical (unpaired) electrons. The Bertz CT molecular complexity index is 908. The highest BCUT2D eigenvalue weighted by molar-refractivity contribution is 7.92. The van der Waals surface area contributed by atoms with Crippen molar-refractivity contribution >= 4 is 27.3 Å². The fourth-order valence-electron chi connectivity index (χ4n) is 2.88. The van der Waals surface area contributed by atoms with E-state index >= 15 is 0 Å². The highest BCUT2D eigenvalue weighted by atomic mass is 32.2. The standard InChI is InChI=1S/C20H26N2O4S/c1-6-19(20(23)21-18-13-14(2)7-8-15(18)3)22(27(5,24)25)16-9-11-17(26-4)12-10-16/h7-13,19H,6H2,1-5H3,(H,21,23). The topological polar surface area (TPSA) is 75.7 Å². The van der Waals surface area contributed by atoms with Crippen LogP contribution in [-0.4, -0.2) is 33.7 Å². The largest absolute Gasteiger partial charge is 0.497 e. The van der Waals surface area contributed by atoms with E-state index in [9.17, 15) is 13.2 Å². The maximum absolute atomic E-state index is 12.9. The fourth-order valence-corrected chi connectivity index (χ4v) is 4.09. The quantitative estimate of drug-likeness (QED) is 0.785. The van der Waals surface area contributed by atoms with E-state index in [4.69, 9.17) is 4.74 Å². The summed E-state index contributed by atoms with van der Waals surface area (Å²) in [6.07, 6.45) is 1.43. The Hall–Kier alpha value is -2.54. The van der Waals surface area contributed by atoms with E-state index < -0.39 is 16.1 Å². The first-order valence-electron chi connectivity index (χ1n) is 8.69. The van der Waals surface area contributed by atoms with Crippen molar-refractivity contribution in [3.8, 4) is 5.75 Å². The lowest BCUT2D eigenvalue weighted by molar-refractivity contribution is -0.117. The number of carbonyl (C=O) groups is 1. The van der Waals surface area contributed by atoms with Crippen molar-refractivity contribution in [2.24, 2.45) is 0 Å². The third-order valence-electron chi connectivity index (χ3n) is 4.31. The number of sulfonamides is 1. The number of nitrogens with zero attached hydrogens (tertiary/aromatic N) is 1. The summed E-state index contributed by atoms with van der Waals surface area (Å²) in [5.41, 5.74) is 3.03. The second-order valence-electron chi connectivity index (χ2n) is 6.49. The van der Waals surface area contributed by atoms with Gasteiger partial charge in [-0.2, -0.15) is 0 Å². The molecule has 2 rings (SSSR count). The molecule has 0 fully saturated rings. The van der Waals surface area contributed by atoms with Crippen molar-refractivity contribution in [1.82, 2.24) is 0 Å². The summed E-state index contributed by atoms with van der Waals surface area (Å²) >= 11 is 0. The second-order valence-corrected chi connectivity index (χ2v) is 8.35. The molecule has 0 saturated carbocycles. The Morgan fingerprint density at radius 1 is 1.15 bits per heavy atom. The van der Waals surface area contributed by atoms with Gasteiger partial charge in [0.05, 0.1) is 19.1 Å². The molecule has 0 bridgehead atoms. The van der Waals surface area contributed by atoms with Crippen molar-refractivity contribution in [2.75, 3.05) is 23.0 Å². The van der Waals surface area contributed by atoms with Crippen LogP contribution < -0.4 is 14.4 Å². The van der Waals surface area contributed by atoms with E-state index in [0.717, 1.165) is 21.7 Å². The van der Waals surface area contributed by atoms with Crippen LogP contribution in [-0.2, 0) is 14.8 Å². The Morgan fingerprint density at radius 2 is 1.78 bits per heavy atom. The monoisotopic (exact) mass is 390 g/mol. The summed E-state index contributed by atoms with van der Waals surface area (Å²) in [6, 6.07) is 11.5. The molecule has 27 heavy (non-hydrogen) atoms. The number of nitrogens with one attached hydrogen (secondary N) is 1. The van der Waals surface area contributed by atoms with Crippen LogP contribution in [0.15, 0.2) is 42.5 Å². The number of amides is 1. The van der Waals surface area contributed by atoms with E-state index in [-0.39, 0.29) is 5.91 Å². The van der Waals surface area contributed by atoms with Gasteiger partial charge >= 0.3 is 0 Å². The molecule has 0 aromatic heterocycles. The molecule has 0 aliphatic rings. The summed E-state index contributed by atoms with van der Waals surface area (Å²) in [6.45, 7) is 5.62. The predicted octanol–water partition coefficient (Wildman–Crippen LogP) is 3.50. The van der Waals surface area contributed by atoms with Gasteiger partial charge in [-0.1, -0.05) is 19.1 Å². The van der Waals surface area contributed by atoms with Crippen molar-refractivity contribution in [3.05, 3.63) is 53.6 Å². The molecular weight excluding hydrogens is 364 g/mol. The first-order chi connectivity index (χ1) is 12.7. The molecule has 7 heteroatoms. The number of hydrogen-bond donors (Lipinski definition) is 1. The highest BCUT2D eigenvalue weighted by Gasteiger charge is 2.31. The van der Waals surface area contributed by atoms with Gasteiger partial charge in [0.2, 0.25) is 15.9 Å². The van der Waals surface area contributed by atoms with Gasteiger partial charge in [0.25, 0.3) is 0 Å². The third-order valence-corrected chi connectivity index (χ3v) is 5.49. The number of methoxy groups -OCH3 is 1. The minimum Gasteiger partial charge on any atom is -0.497 e. The zero-order valence-electron chi connectivity index (χ0n) is 16.3. The number of rotatable bonds is 7. The van der Waals surface area contributed by atoms with Gasteiger partial charge in [-0.25, -0.2) is 8.42 Å². The Labute approximate surface area is 161 Å². The van der Waals surface area contributed by atoms with Crippen LogP contribution in [0.25, 0.3) is 0 Å². The molecule has 2 aromatic rings. The van der Waals surface area contributed by atoms with Crippen LogP contribution in [0.1, 0.15) is 24.5 Å². The van der Waals surface area contributed by atoms with E-state index in [1.54, 1.807) is 31.2 Å². The lowest BCUT2D eigenvalue weighted by Crippen LogP contribution is -2.47. The molecule has 0 aliphatic heterocycles. The van der Waals surface area contributed by atoms with Gasteiger partial charge in [-0.05, 0) is 61.7 Å². The van der Waals surface area contributed by atoms with Gasteiger partial charge in [0.1, 0.15) is 11.8 Å². The summed E-state index contributed by atoms with van der Waals surface area (Å²) in [5.74, 6) is 0.243. The van der Waals surface area contributed by atoms with Crippen LogP contribution in [0, 0.1) is 13.8 Å². The maximum Gasteiger partial charge on any atom is 0.248 e. The molecule has 2 aromatic carbocycles. The van der Waals surface area contributed by atoms with Crippen LogP contribution >= 0.6 is 0 Å². The molecule has 0 saturated heterocycles. The van der Waals surface area contributed by atoms with Gasteiger partial charge in [0.15, 0.2) is 0 Å². The molecule has 0 spiro atoms. The Balaban J connectivity index is 2.39. The molecule has 146 valence electrons. The minimum atomic E-state index is -3.67. The molecule has 1 atom stereocenters. The van der Waals surface area contributed by atoms with Crippen molar-refractivity contribution < 1.29 is 17.9 Å². The molecule has 0 heterocycles. The minimum absolute atomic E-state index is 0.329. The zero-order chi connectivity index (χ0) is 20.2. The van der Waals surface area contributed by atoms with E-state index in [0.29, 0.717) is 23.5 Å². The summed E-state index contributed by atoms with van der Waals surface area (Å²) in [5, 5.41) is 2.88. The average Bonchev–Trinajstić information content (AvgIpc) is 2.61. The number of aryl methyl sites for hydroxylation is 2. The molecule has 0 aliphatic carbocycles. The van der Waals surface area contributed by atoms with Crippen LogP contribution in [0.3, 0.4) is 0 Å². The van der Waals surface area contributed by atoms with Crippen LogP contribution in [0.2, 0.25) is 0 Å². The van der Waals surface area contributed by atoms with E-state index in [1.165, 1.54) is 7.11 Å². The number of hydrogen-bond acceptors (Lipinski definition) is 4. The van der Waals surface area contributed by atoms with Gasteiger partial charge in [-0.3, -0.25) is 9.10 Å². The number of anilines is 2. The number of ether oxygens (including phenoxy) is 1. The number of carbonyl (C=O) groups excluding carboxylic acids is 1. The predicted molar refractivity (Wildman–Crippen MR) is 109 cm³/mol. The Morgan fingerprint density at radius 3 is 2.30 bits per heavy atom. The van der Waals surface area contributed by atoms with E-state index in [1.807, 2.05) is 32.0 Å². The van der Waals surface area contributed by atoms with E-state index in [2.05, 4.69) is 5.32 Å². The smallest absolute Gasteiger partial charge is 0.248 e. The fraction of sp³-hybridized carbons (Fsp3) is 0.350. The second kappa shape index (κ2) is 8.43. The first kappa shape index (κ1) is 20.8. The lowest BCUT2D eigenvalue weighted by atomic mass is 10.1. The molecular formula is C20H26N2O4S. The normalized spacial score (nSPS) is 12.3. The maximum atomic E-state index is 12.9. The van der Waals surface area contributed by atoms with Crippen LogP contribution in [0.5, 0.6) is 5.75 Å². The lowest BCUT2D eigenvalue weighted by Gasteiger charge is -2.30. The molecule has 1 N–H and O–H groups in total. The molecule has 6 nitrogen and oxygen atoms in total. The molecule has 1 unspecified atom stereocenters. The average molecular weight is 391 g/mol. The SMILES string of the molecule is CCC(C(=O)Nc1cc(C)ccc1C)N(c1ccc(OC)cc1)S(C)(=O)=O. The number of benzene rings is 2.